The van der Waals surface area contributed by atoms with E-state index in [1.165, 1.54) is 0 Å². The predicted molar refractivity (Wildman–Crippen MR) is 74.2 cm³/mol. The minimum Gasteiger partial charge on any atom is -0.463 e. The highest BCUT2D eigenvalue weighted by atomic mass is 16.7. The van der Waals surface area contributed by atoms with Crippen LogP contribution in [-0.4, -0.2) is 66.3 Å². The molecule has 0 aromatic heterocycles. The summed E-state index contributed by atoms with van der Waals surface area (Å²) in [5, 5.41) is 10.2. The molecule has 24 heavy (non-hydrogen) atoms. The number of esters is 4. The number of aliphatic hydroxyl groups excluding tert-OH is 1. The van der Waals surface area contributed by atoms with Crippen LogP contribution in [0.1, 0.15) is 27.7 Å². The van der Waals surface area contributed by atoms with Gasteiger partial charge in [0.05, 0.1) is 0 Å². The third-order valence-corrected chi connectivity index (χ3v) is 2.95. The first kappa shape index (κ1) is 19.8. The molecule has 0 spiro atoms. The summed E-state index contributed by atoms with van der Waals surface area (Å²) in [7, 11) is 0. The van der Waals surface area contributed by atoms with E-state index in [0.29, 0.717) is 0 Å². The van der Waals surface area contributed by atoms with Gasteiger partial charge in [-0.2, -0.15) is 0 Å². The third-order valence-electron chi connectivity index (χ3n) is 2.95. The lowest BCUT2D eigenvalue weighted by atomic mass is 9.98. The van der Waals surface area contributed by atoms with Gasteiger partial charge in [0.15, 0.2) is 18.3 Å². The summed E-state index contributed by atoms with van der Waals surface area (Å²) in [5.41, 5.74) is 0. The summed E-state index contributed by atoms with van der Waals surface area (Å²) in [4.78, 5) is 44.7. The smallest absolute Gasteiger partial charge is 0.305 e. The molecule has 0 radical (unpaired) electrons. The van der Waals surface area contributed by atoms with Gasteiger partial charge in [0.25, 0.3) is 0 Å². The number of aliphatic hydroxyl groups is 1. The van der Waals surface area contributed by atoms with Crippen molar-refractivity contribution in [1.82, 2.24) is 0 Å². The van der Waals surface area contributed by atoms with Crippen LogP contribution in [0.3, 0.4) is 0 Å². The van der Waals surface area contributed by atoms with Crippen LogP contribution >= 0.6 is 0 Å². The van der Waals surface area contributed by atoms with Crippen molar-refractivity contribution in [2.75, 3.05) is 6.61 Å². The fourth-order valence-electron chi connectivity index (χ4n) is 2.15. The molecule has 1 aliphatic heterocycles. The van der Waals surface area contributed by atoms with E-state index in [-0.39, 0.29) is 6.61 Å². The molecule has 1 N–H and O–H groups in total. The average molecular weight is 348 g/mol. The number of hydrogen-bond donors (Lipinski definition) is 1. The second-order valence-electron chi connectivity index (χ2n) is 5.09. The van der Waals surface area contributed by atoms with E-state index in [2.05, 4.69) is 0 Å². The van der Waals surface area contributed by atoms with Gasteiger partial charge in [0, 0.05) is 27.7 Å². The van der Waals surface area contributed by atoms with E-state index in [9.17, 15) is 24.3 Å². The summed E-state index contributed by atoms with van der Waals surface area (Å²) in [5.74, 6) is -2.87. The molecular formula is C14H20O10. The maximum atomic E-state index is 11.3. The van der Waals surface area contributed by atoms with Gasteiger partial charge in [-0.25, -0.2) is 0 Å². The minimum absolute atomic E-state index is 0.366. The summed E-state index contributed by atoms with van der Waals surface area (Å²) >= 11 is 0. The summed E-state index contributed by atoms with van der Waals surface area (Å²) in [6, 6.07) is 0. The molecular weight excluding hydrogens is 328 g/mol. The predicted octanol–water partition coefficient (Wildman–Crippen LogP) is -0.938. The topological polar surface area (TPSA) is 135 Å². The number of ether oxygens (including phenoxy) is 5. The van der Waals surface area contributed by atoms with Gasteiger partial charge in [0.1, 0.15) is 12.7 Å². The molecule has 0 saturated carbocycles. The van der Waals surface area contributed by atoms with Gasteiger partial charge < -0.3 is 28.8 Å². The lowest BCUT2D eigenvalue weighted by Gasteiger charge is -2.42. The van der Waals surface area contributed by atoms with Crippen LogP contribution in [0, 0.1) is 0 Å². The van der Waals surface area contributed by atoms with Crippen LogP contribution in [0.2, 0.25) is 0 Å². The van der Waals surface area contributed by atoms with E-state index < -0.39 is 54.6 Å². The van der Waals surface area contributed by atoms with Gasteiger partial charge in [-0.15, -0.1) is 0 Å². The van der Waals surface area contributed by atoms with Crippen molar-refractivity contribution in [3.05, 3.63) is 0 Å². The molecule has 0 aliphatic carbocycles. The van der Waals surface area contributed by atoms with Crippen molar-refractivity contribution in [2.45, 2.75) is 58.4 Å². The van der Waals surface area contributed by atoms with Gasteiger partial charge in [0.2, 0.25) is 6.29 Å². The number of carbonyl (C=O) groups excluding carboxylic acids is 4. The quantitative estimate of drug-likeness (QED) is 0.490. The molecule has 136 valence electrons. The first-order chi connectivity index (χ1) is 11.1. The zero-order valence-electron chi connectivity index (χ0n) is 13.7. The molecule has 10 heteroatoms. The Hall–Kier alpha value is -2.20. The normalized spacial score (nSPS) is 29.3. The zero-order valence-corrected chi connectivity index (χ0v) is 13.7. The zero-order chi connectivity index (χ0) is 18.4. The summed E-state index contributed by atoms with van der Waals surface area (Å²) < 4.78 is 25.0. The van der Waals surface area contributed by atoms with Gasteiger partial charge in [-0.3, -0.25) is 19.2 Å². The molecule has 1 heterocycles. The maximum absolute atomic E-state index is 11.3. The molecule has 0 aromatic rings. The van der Waals surface area contributed by atoms with Crippen LogP contribution < -0.4 is 0 Å². The van der Waals surface area contributed by atoms with Crippen molar-refractivity contribution in [1.29, 1.82) is 0 Å². The molecule has 1 aliphatic rings. The Morgan fingerprint density at radius 3 is 1.79 bits per heavy atom. The fraction of sp³-hybridized carbons (Fsp3) is 0.714. The molecule has 0 aromatic carbocycles. The summed E-state index contributed by atoms with van der Waals surface area (Å²) in [6.07, 6.45) is -6.83. The second-order valence-corrected chi connectivity index (χ2v) is 5.09. The van der Waals surface area contributed by atoms with Crippen molar-refractivity contribution < 1.29 is 48.0 Å². The Labute approximate surface area is 137 Å². The number of hydrogen-bond acceptors (Lipinski definition) is 10. The largest absolute Gasteiger partial charge is 0.463 e. The number of carbonyl (C=O) groups is 4. The van der Waals surface area contributed by atoms with Gasteiger partial charge in [-0.05, 0) is 0 Å². The molecule has 0 amide bonds. The lowest BCUT2D eigenvalue weighted by Crippen LogP contribution is -2.62. The highest BCUT2D eigenvalue weighted by Crippen LogP contribution is 2.27. The third kappa shape index (κ3) is 5.78. The van der Waals surface area contributed by atoms with Crippen molar-refractivity contribution in [3.8, 4) is 0 Å². The van der Waals surface area contributed by atoms with E-state index in [1.54, 1.807) is 0 Å². The Kier molecular flexibility index (Phi) is 7.11. The molecule has 1 saturated heterocycles. The van der Waals surface area contributed by atoms with Crippen LogP contribution in [-0.2, 0) is 42.9 Å². The number of rotatable bonds is 5. The first-order valence-electron chi connectivity index (χ1n) is 7.10. The molecule has 0 bridgehead atoms. The van der Waals surface area contributed by atoms with E-state index >= 15 is 0 Å². The molecule has 1 rings (SSSR count). The highest BCUT2D eigenvalue weighted by molar-refractivity contribution is 5.68. The van der Waals surface area contributed by atoms with Crippen LogP contribution in [0.25, 0.3) is 0 Å². The Morgan fingerprint density at radius 1 is 0.833 bits per heavy atom. The SMILES string of the molecule is CC(=O)OC[C@H]1O[C@H](OC(C)=O)[C@H](O)[C@H](OC(C)=O)[C@H]1OC(C)=O. The van der Waals surface area contributed by atoms with E-state index in [1.807, 2.05) is 0 Å². The minimum atomic E-state index is -1.60. The van der Waals surface area contributed by atoms with E-state index in [4.69, 9.17) is 23.7 Å². The molecule has 0 unspecified atom stereocenters. The monoisotopic (exact) mass is 348 g/mol. The average Bonchev–Trinajstić information content (AvgIpc) is 2.42. The Morgan fingerprint density at radius 2 is 1.33 bits per heavy atom. The molecule has 5 atom stereocenters. The lowest BCUT2D eigenvalue weighted by molar-refractivity contribution is -0.297. The van der Waals surface area contributed by atoms with Gasteiger partial charge in [-0.1, -0.05) is 0 Å². The summed E-state index contributed by atoms with van der Waals surface area (Å²) in [6.45, 7) is 4.09. The maximum Gasteiger partial charge on any atom is 0.305 e. The van der Waals surface area contributed by atoms with Crippen LogP contribution in [0.5, 0.6) is 0 Å². The Balaban J connectivity index is 3.08. The highest BCUT2D eigenvalue weighted by Gasteiger charge is 2.51. The molecule has 1 fully saturated rings. The van der Waals surface area contributed by atoms with E-state index in [0.717, 1.165) is 27.7 Å². The van der Waals surface area contributed by atoms with Crippen molar-refractivity contribution in [3.63, 3.8) is 0 Å². The molecule has 10 nitrogen and oxygen atoms in total. The van der Waals surface area contributed by atoms with Crippen molar-refractivity contribution >= 4 is 23.9 Å². The van der Waals surface area contributed by atoms with Crippen molar-refractivity contribution in [2.24, 2.45) is 0 Å². The second kappa shape index (κ2) is 8.60. The van der Waals surface area contributed by atoms with Crippen LogP contribution in [0.15, 0.2) is 0 Å². The van der Waals surface area contributed by atoms with Crippen LogP contribution in [0.4, 0.5) is 0 Å². The first-order valence-corrected chi connectivity index (χ1v) is 7.10. The van der Waals surface area contributed by atoms with Gasteiger partial charge >= 0.3 is 23.9 Å². The Bertz CT molecular complexity index is 486. The fourth-order valence-corrected chi connectivity index (χ4v) is 2.15. The standard InChI is InChI=1S/C14H20O10/c1-6(15)20-5-10-12(21-7(2)16)13(22-8(3)17)11(19)14(24-10)23-9(4)18/h10-14,19H,5H2,1-4H3/t10-,11-,12+,13+,14+/m1/s1.